The smallest absolute Gasteiger partial charge is 0.345 e. The highest BCUT2D eigenvalue weighted by molar-refractivity contribution is 5.85. The number of hydrogen-bond donors (Lipinski definition) is 1. The van der Waals surface area contributed by atoms with Crippen molar-refractivity contribution in [1.82, 2.24) is 4.57 Å². The summed E-state index contributed by atoms with van der Waals surface area (Å²) < 4.78 is 40.6. The molecule has 2 rings (SSSR count). The van der Waals surface area contributed by atoms with Gasteiger partial charge in [0.1, 0.15) is 0 Å². The van der Waals surface area contributed by atoms with Crippen molar-refractivity contribution in [3.05, 3.63) is 35.5 Å². The van der Waals surface area contributed by atoms with Gasteiger partial charge in [-0.1, -0.05) is 6.92 Å². The fraction of sp³-hybridized carbons (Fsp3) is 0.467. The van der Waals surface area contributed by atoms with Crippen LogP contribution < -0.4 is 5.73 Å². The summed E-state index contributed by atoms with van der Waals surface area (Å²) in [6.07, 6.45) is -2.40. The van der Waals surface area contributed by atoms with E-state index in [2.05, 4.69) is 0 Å². The topological polar surface area (TPSA) is 30.9 Å². The molecule has 0 radical (unpaired) electrons. The van der Waals surface area contributed by atoms with Crippen molar-refractivity contribution >= 4 is 10.9 Å². The molecule has 0 aliphatic carbocycles. The average molecular weight is 284 g/mol. The van der Waals surface area contributed by atoms with Crippen LogP contribution in [0.15, 0.2) is 24.4 Å². The highest BCUT2D eigenvalue weighted by Crippen LogP contribution is 2.35. The van der Waals surface area contributed by atoms with E-state index in [0.717, 1.165) is 17.1 Å². The first kappa shape index (κ1) is 14.9. The van der Waals surface area contributed by atoms with Gasteiger partial charge >= 0.3 is 6.18 Å². The largest absolute Gasteiger partial charge is 0.416 e. The van der Waals surface area contributed by atoms with E-state index in [4.69, 9.17) is 5.73 Å². The van der Waals surface area contributed by atoms with Crippen LogP contribution in [0.4, 0.5) is 13.2 Å². The molecule has 110 valence electrons. The lowest BCUT2D eigenvalue weighted by Gasteiger charge is -2.10. The molecule has 0 amide bonds. The Morgan fingerprint density at radius 2 is 1.85 bits per heavy atom. The van der Waals surface area contributed by atoms with Crippen molar-refractivity contribution in [2.24, 2.45) is 5.73 Å². The Morgan fingerprint density at radius 3 is 2.35 bits per heavy atom. The Labute approximate surface area is 116 Å². The summed E-state index contributed by atoms with van der Waals surface area (Å²) in [4.78, 5) is 0. The Hall–Kier alpha value is -1.49. The monoisotopic (exact) mass is 284 g/mol. The second kappa shape index (κ2) is 5.13. The van der Waals surface area contributed by atoms with Crippen molar-refractivity contribution in [3.8, 4) is 0 Å². The first-order chi connectivity index (χ1) is 9.25. The third-order valence-corrected chi connectivity index (χ3v) is 3.63. The van der Waals surface area contributed by atoms with Gasteiger partial charge in [-0.25, -0.2) is 0 Å². The molecular weight excluding hydrogens is 265 g/mol. The van der Waals surface area contributed by atoms with Crippen molar-refractivity contribution in [1.29, 1.82) is 0 Å². The molecule has 2 N–H and O–H groups in total. The first-order valence-corrected chi connectivity index (χ1v) is 6.67. The van der Waals surface area contributed by atoms with Gasteiger partial charge in [-0.2, -0.15) is 13.2 Å². The van der Waals surface area contributed by atoms with Crippen LogP contribution in [0, 0.1) is 0 Å². The molecule has 5 heteroatoms. The summed E-state index contributed by atoms with van der Waals surface area (Å²) in [6, 6.07) is 4.10. The van der Waals surface area contributed by atoms with Crippen LogP contribution in [0.5, 0.6) is 0 Å². The lowest BCUT2D eigenvalue weighted by atomic mass is 9.99. The number of nitrogens with zero attached hydrogens (tertiary/aromatic N) is 1. The lowest BCUT2D eigenvalue weighted by molar-refractivity contribution is -0.137. The van der Waals surface area contributed by atoms with Gasteiger partial charge in [-0.05, 0) is 50.1 Å². The van der Waals surface area contributed by atoms with Crippen LogP contribution in [-0.2, 0) is 6.18 Å². The Balaban J connectivity index is 2.71. The molecule has 1 unspecified atom stereocenters. The van der Waals surface area contributed by atoms with Gasteiger partial charge < -0.3 is 10.3 Å². The number of aromatic nitrogens is 1. The van der Waals surface area contributed by atoms with Crippen LogP contribution >= 0.6 is 0 Å². The summed E-state index contributed by atoms with van der Waals surface area (Å²) in [5.41, 5.74) is 6.76. The molecule has 0 bridgehead atoms. The Kier molecular flexibility index (Phi) is 3.82. The summed E-state index contributed by atoms with van der Waals surface area (Å²) in [6.45, 7) is 6.36. The second-order valence-corrected chi connectivity index (χ2v) is 5.45. The van der Waals surface area contributed by atoms with E-state index in [0.29, 0.717) is 11.9 Å². The molecule has 0 aliphatic heterocycles. The van der Waals surface area contributed by atoms with Crippen LogP contribution in [0.25, 0.3) is 10.9 Å². The zero-order valence-corrected chi connectivity index (χ0v) is 11.8. The van der Waals surface area contributed by atoms with Crippen molar-refractivity contribution < 1.29 is 13.2 Å². The van der Waals surface area contributed by atoms with Gasteiger partial charge in [0, 0.05) is 23.1 Å². The van der Waals surface area contributed by atoms with E-state index in [1.54, 1.807) is 6.07 Å². The SMILES string of the molecule is CC(CN)c1cn(C(C)C)c2ccc(C(F)(F)F)cc12. The summed E-state index contributed by atoms with van der Waals surface area (Å²) >= 11 is 0. The summed E-state index contributed by atoms with van der Waals surface area (Å²) in [5.74, 6) is 0.0287. The zero-order chi connectivity index (χ0) is 15.1. The highest BCUT2D eigenvalue weighted by Gasteiger charge is 2.31. The fourth-order valence-electron chi connectivity index (χ4n) is 2.40. The predicted octanol–water partition coefficient (Wildman–Crippen LogP) is 4.30. The number of hydrogen-bond acceptors (Lipinski definition) is 1. The molecule has 0 spiro atoms. The van der Waals surface area contributed by atoms with Crippen molar-refractivity contribution in [3.63, 3.8) is 0 Å². The van der Waals surface area contributed by atoms with E-state index in [-0.39, 0.29) is 12.0 Å². The third-order valence-electron chi connectivity index (χ3n) is 3.63. The van der Waals surface area contributed by atoms with Crippen LogP contribution in [-0.4, -0.2) is 11.1 Å². The van der Waals surface area contributed by atoms with Crippen LogP contribution in [0.3, 0.4) is 0 Å². The maximum absolute atomic E-state index is 12.9. The molecule has 0 saturated carbocycles. The maximum atomic E-state index is 12.9. The standard InChI is InChI=1S/C15H19F3N2/c1-9(2)20-8-13(10(3)7-19)12-6-11(15(16,17)18)4-5-14(12)20/h4-6,8-10H,7,19H2,1-3H3. The second-order valence-electron chi connectivity index (χ2n) is 5.45. The molecule has 1 aromatic carbocycles. The first-order valence-electron chi connectivity index (χ1n) is 6.67. The molecule has 1 heterocycles. The number of fused-ring (bicyclic) bond motifs is 1. The highest BCUT2D eigenvalue weighted by atomic mass is 19.4. The Morgan fingerprint density at radius 1 is 1.20 bits per heavy atom. The maximum Gasteiger partial charge on any atom is 0.416 e. The normalized spacial score (nSPS) is 14.2. The summed E-state index contributed by atoms with van der Waals surface area (Å²) in [5, 5.41) is 0.645. The minimum Gasteiger partial charge on any atom is -0.345 e. The minimum absolute atomic E-state index is 0.0287. The van der Waals surface area contributed by atoms with E-state index in [9.17, 15) is 13.2 Å². The van der Waals surface area contributed by atoms with Crippen LogP contribution in [0.1, 0.15) is 43.9 Å². The molecule has 1 aromatic heterocycles. The van der Waals surface area contributed by atoms with Gasteiger partial charge in [0.05, 0.1) is 5.56 Å². The van der Waals surface area contributed by atoms with Crippen molar-refractivity contribution in [2.45, 2.75) is 38.9 Å². The van der Waals surface area contributed by atoms with Gasteiger partial charge in [0.25, 0.3) is 0 Å². The molecule has 0 fully saturated rings. The van der Waals surface area contributed by atoms with Crippen molar-refractivity contribution in [2.75, 3.05) is 6.54 Å². The molecule has 2 nitrogen and oxygen atoms in total. The lowest BCUT2D eigenvalue weighted by Crippen LogP contribution is -2.09. The molecule has 20 heavy (non-hydrogen) atoms. The predicted molar refractivity (Wildman–Crippen MR) is 74.8 cm³/mol. The zero-order valence-electron chi connectivity index (χ0n) is 11.8. The van der Waals surface area contributed by atoms with Gasteiger partial charge in [0.2, 0.25) is 0 Å². The van der Waals surface area contributed by atoms with Crippen LogP contribution in [0.2, 0.25) is 0 Å². The number of rotatable bonds is 3. The van der Waals surface area contributed by atoms with E-state index >= 15 is 0 Å². The van der Waals surface area contributed by atoms with Gasteiger partial charge in [-0.3, -0.25) is 0 Å². The fourth-order valence-corrected chi connectivity index (χ4v) is 2.40. The average Bonchev–Trinajstić information content (AvgIpc) is 2.75. The van der Waals surface area contributed by atoms with E-state index < -0.39 is 11.7 Å². The molecule has 0 saturated heterocycles. The minimum atomic E-state index is -4.32. The summed E-state index contributed by atoms with van der Waals surface area (Å²) in [7, 11) is 0. The van der Waals surface area contributed by atoms with Gasteiger partial charge in [0.15, 0.2) is 0 Å². The molecule has 1 atom stereocenters. The number of nitrogens with two attached hydrogens (primary N) is 1. The van der Waals surface area contributed by atoms with E-state index in [1.165, 1.54) is 6.07 Å². The Bertz CT molecular complexity index is 611. The van der Waals surface area contributed by atoms with E-state index in [1.807, 2.05) is 31.5 Å². The number of benzene rings is 1. The number of alkyl halides is 3. The number of halogens is 3. The quantitative estimate of drug-likeness (QED) is 0.895. The molecular formula is C15H19F3N2. The molecule has 0 aliphatic rings. The van der Waals surface area contributed by atoms with Gasteiger partial charge in [-0.15, -0.1) is 0 Å². The molecule has 2 aromatic rings. The third kappa shape index (κ3) is 2.54.